The first-order valence-corrected chi connectivity index (χ1v) is 11.9. The molecule has 0 saturated carbocycles. The predicted molar refractivity (Wildman–Crippen MR) is 122 cm³/mol. The van der Waals surface area contributed by atoms with Gasteiger partial charge in [-0.2, -0.15) is 0 Å². The topological polar surface area (TPSA) is 18.5 Å². The molecule has 0 aliphatic rings. The Balaban J connectivity index is 2.08. The molecule has 0 spiro atoms. The molecular formula is C24H26O2S2. The monoisotopic (exact) mass is 410 g/mol. The maximum Gasteiger partial charge on any atom is 0.143 e. The van der Waals surface area contributed by atoms with E-state index in [1.54, 1.807) is 7.11 Å². The zero-order chi connectivity index (χ0) is 19.7. The minimum Gasteiger partial charge on any atom is -0.497 e. The molecule has 2 nitrogen and oxygen atoms in total. The number of hydrogen-bond acceptors (Lipinski definition) is 4. The average molecular weight is 411 g/mol. The summed E-state index contributed by atoms with van der Waals surface area (Å²) in [7, 11) is 5.42. The number of hydrogen-bond donors (Lipinski definition) is 0. The first-order valence-electron chi connectivity index (χ1n) is 9.45. The molecular weight excluding hydrogens is 384 g/mol. The molecule has 146 valence electrons. The van der Waals surface area contributed by atoms with Crippen molar-refractivity contribution in [2.45, 2.75) is 12.5 Å². The van der Waals surface area contributed by atoms with E-state index < -0.39 is 5.60 Å². The summed E-state index contributed by atoms with van der Waals surface area (Å²) in [5.74, 6) is 2.88. The first-order chi connectivity index (χ1) is 13.8. The van der Waals surface area contributed by atoms with E-state index in [1.165, 1.54) is 0 Å². The highest BCUT2D eigenvalue weighted by atomic mass is 33.1. The van der Waals surface area contributed by atoms with Gasteiger partial charge in [-0.05, 0) is 28.8 Å². The molecule has 0 radical (unpaired) electrons. The zero-order valence-electron chi connectivity index (χ0n) is 16.3. The van der Waals surface area contributed by atoms with Crippen LogP contribution in [0.4, 0.5) is 0 Å². The van der Waals surface area contributed by atoms with Crippen LogP contribution in [0.3, 0.4) is 0 Å². The van der Waals surface area contributed by atoms with Gasteiger partial charge in [0.2, 0.25) is 0 Å². The van der Waals surface area contributed by atoms with E-state index in [0.29, 0.717) is 6.61 Å². The highest BCUT2D eigenvalue weighted by Gasteiger charge is 2.37. The van der Waals surface area contributed by atoms with Gasteiger partial charge in [-0.1, -0.05) is 101 Å². The molecule has 0 amide bonds. The Morgan fingerprint density at radius 2 is 1.25 bits per heavy atom. The fraction of sp³-hybridized carbons (Fsp3) is 0.250. The van der Waals surface area contributed by atoms with Crippen LogP contribution in [0, 0.1) is 0 Å². The molecule has 0 heterocycles. The number of rotatable bonds is 10. The van der Waals surface area contributed by atoms with Gasteiger partial charge in [0.1, 0.15) is 11.4 Å². The summed E-state index contributed by atoms with van der Waals surface area (Å²) in [6.07, 6.45) is 0. The summed E-state index contributed by atoms with van der Waals surface area (Å²) in [5, 5.41) is 0. The smallest absolute Gasteiger partial charge is 0.143 e. The lowest BCUT2D eigenvalue weighted by Gasteiger charge is -2.36. The summed E-state index contributed by atoms with van der Waals surface area (Å²) in [6, 6.07) is 29.2. The van der Waals surface area contributed by atoms with E-state index in [9.17, 15) is 0 Å². The van der Waals surface area contributed by atoms with Crippen LogP contribution in [0.25, 0.3) is 0 Å². The van der Waals surface area contributed by atoms with Crippen molar-refractivity contribution in [3.63, 3.8) is 0 Å². The fourth-order valence-corrected chi connectivity index (χ4v) is 4.79. The van der Waals surface area contributed by atoms with E-state index in [4.69, 9.17) is 9.47 Å². The third-order valence-corrected chi connectivity index (χ3v) is 6.99. The lowest BCUT2D eigenvalue weighted by atomic mass is 9.80. The predicted octanol–water partition coefficient (Wildman–Crippen LogP) is 6.41. The van der Waals surface area contributed by atoms with Gasteiger partial charge in [-0.15, -0.1) is 0 Å². The van der Waals surface area contributed by atoms with E-state index in [2.05, 4.69) is 67.6 Å². The van der Waals surface area contributed by atoms with E-state index in [-0.39, 0.29) is 0 Å². The van der Waals surface area contributed by atoms with Gasteiger partial charge in [0.15, 0.2) is 0 Å². The first kappa shape index (κ1) is 20.8. The summed E-state index contributed by atoms with van der Waals surface area (Å²) >= 11 is 0. The van der Waals surface area contributed by atoms with Gasteiger partial charge in [-0.3, -0.25) is 0 Å². The van der Waals surface area contributed by atoms with Crippen molar-refractivity contribution in [2.24, 2.45) is 0 Å². The Morgan fingerprint density at radius 3 is 1.75 bits per heavy atom. The van der Waals surface area contributed by atoms with Crippen molar-refractivity contribution in [3.05, 3.63) is 102 Å². The lowest BCUT2D eigenvalue weighted by molar-refractivity contribution is 0.0234. The SMILES string of the molecule is CCSSCCOC(c1ccccc1)(c1ccccc1)c1ccc(OC)cc1. The molecule has 0 atom stereocenters. The molecule has 0 unspecified atom stereocenters. The van der Waals surface area contributed by atoms with Crippen molar-refractivity contribution in [3.8, 4) is 5.75 Å². The molecule has 4 heteroatoms. The maximum absolute atomic E-state index is 6.73. The molecule has 0 saturated heterocycles. The van der Waals surface area contributed by atoms with E-state index in [1.807, 2.05) is 45.9 Å². The van der Waals surface area contributed by atoms with Crippen LogP contribution in [-0.2, 0) is 10.3 Å². The number of methoxy groups -OCH3 is 1. The molecule has 3 rings (SSSR count). The summed E-state index contributed by atoms with van der Waals surface area (Å²) in [4.78, 5) is 0. The standard InChI is InChI=1S/C24H26O2S2/c1-3-27-28-19-18-26-24(20-10-6-4-7-11-20,21-12-8-5-9-13-21)22-14-16-23(25-2)17-15-22/h4-17H,3,18-19H2,1-2H3. The average Bonchev–Trinajstić information content (AvgIpc) is 2.78. The molecule has 0 N–H and O–H groups in total. The van der Waals surface area contributed by atoms with E-state index >= 15 is 0 Å². The van der Waals surface area contributed by atoms with Crippen molar-refractivity contribution in [2.75, 3.05) is 25.2 Å². The highest BCUT2D eigenvalue weighted by Crippen LogP contribution is 2.41. The molecule has 0 aromatic heterocycles. The fourth-order valence-electron chi connectivity index (χ4n) is 3.29. The normalized spacial score (nSPS) is 11.4. The second-order valence-corrected chi connectivity index (χ2v) is 9.09. The van der Waals surface area contributed by atoms with Gasteiger partial charge in [-0.25, -0.2) is 0 Å². The van der Waals surface area contributed by atoms with Gasteiger partial charge < -0.3 is 9.47 Å². The lowest BCUT2D eigenvalue weighted by Crippen LogP contribution is -2.33. The third kappa shape index (κ3) is 4.75. The maximum atomic E-state index is 6.73. The highest BCUT2D eigenvalue weighted by molar-refractivity contribution is 8.76. The molecule has 28 heavy (non-hydrogen) atoms. The van der Waals surface area contributed by atoms with Crippen molar-refractivity contribution >= 4 is 21.6 Å². The van der Waals surface area contributed by atoms with Crippen LogP contribution in [0.2, 0.25) is 0 Å². The quantitative estimate of drug-likeness (QED) is 0.218. The molecule has 3 aromatic rings. The van der Waals surface area contributed by atoms with Crippen LogP contribution in [-0.4, -0.2) is 25.2 Å². The third-order valence-electron chi connectivity index (χ3n) is 4.54. The minimum absolute atomic E-state index is 0.660. The minimum atomic E-state index is -0.660. The van der Waals surface area contributed by atoms with Crippen LogP contribution in [0.5, 0.6) is 5.75 Å². The van der Waals surface area contributed by atoms with Gasteiger partial charge >= 0.3 is 0 Å². The van der Waals surface area contributed by atoms with Crippen molar-refractivity contribution in [1.82, 2.24) is 0 Å². The summed E-state index contributed by atoms with van der Waals surface area (Å²) in [5.41, 5.74) is 2.68. The molecule has 0 aliphatic carbocycles. The van der Waals surface area contributed by atoms with Crippen molar-refractivity contribution < 1.29 is 9.47 Å². The molecule has 0 aliphatic heterocycles. The largest absolute Gasteiger partial charge is 0.497 e. The van der Waals surface area contributed by atoms with E-state index in [0.717, 1.165) is 33.9 Å². The van der Waals surface area contributed by atoms with Gasteiger partial charge in [0, 0.05) is 11.5 Å². The van der Waals surface area contributed by atoms with Crippen LogP contribution < -0.4 is 4.74 Å². The van der Waals surface area contributed by atoms with Crippen LogP contribution in [0.15, 0.2) is 84.9 Å². The number of ether oxygens (including phenoxy) is 2. The summed E-state index contributed by atoms with van der Waals surface area (Å²) in [6.45, 7) is 2.83. The van der Waals surface area contributed by atoms with Gasteiger partial charge in [0.05, 0.1) is 13.7 Å². The van der Waals surface area contributed by atoms with Gasteiger partial charge in [0.25, 0.3) is 0 Å². The van der Waals surface area contributed by atoms with Crippen LogP contribution >= 0.6 is 21.6 Å². The number of benzene rings is 3. The Morgan fingerprint density at radius 1 is 0.714 bits per heavy atom. The molecule has 0 fully saturated rings. The zero-order valence-corrected chi connectivity index (χ0v) is 18.0. The van der Waals surface area contributed by atoms with Crippen LogP contribution in [0.1, 0.15) is 23.6 Å². The molecule has 3 aromatic carbocycles. The molecule has 0 bridgehead atoms. The second-order valence-electron chi connectivity index (χ2n) is 6.22. The Bertz CT molecular complexity index is 781. The Hall–Kier alpha value is -1.88. The second kappa shape index (κ2) is 10.6. The summed E-state index contributed by atoms with van der Waals surface area (Å²) < 4.78 is 12.1. The Kier molecular flexibility index (Phi) is 7.90. The Labute approximate surface area is 176 Å². The van der Waals surface area contributed by atoms with Crippen molar-refractivity contribution in [1.29, 1.82) is 0 Å².